The molecule has 0 amide bonds. The van der Waals surface area contributed by atoms with Gasteiger partial charge in [0, 0.05) is 33.3 Å². The number of para-hydroxylation sites is 1. The third kappa shape index (κ3) is 4.02. The zero-order valence-electron chi connectivity index (χ0n) is 24.7. The van der Waals surface area contributed by atoms with Crippen molar-refractivity contribution < 1.29 is 9.52 Å². The number of hydrogen-bond acceptors (Lipinski definition) is 2. The van der Waals surface area contributed by atoms with E-state index in [1.165, 1.54) is 16.7 Å². The van der Waals surface area contributed by atoms with Gasteiger partial charge < -0.3 is 14.1 Å². The van der Waals surface area contributed by atoms with Gasteiger partial charge in [-0.3, -0.25) is 0 Å². The Balaban J connectivity index is 1.86. The molecule has 6 rings (SSSR count). The van der Waals surface area contributed by atoms with Gasteiger partial charge in [-0.25, -0.2) is 0 Å². The second-order valence-corrected chi connectivity index (χ2v) is 14.2. The molecule has 2 heterocycles. The number of fused-ring (bicyclic) bond motifs is 7. The largest absolute Gasteiger partial charge is 0.506 e. The molecule has 0 radical (unpaired) electrons. The second kappa shape index (κ2) is 8.14. The number of nitrogens with zero attached hydrogens (tertiary/aromatic N) is 1. The van der Waals surface area contributed by atoms with Crippen molar-refractivity contribution >= 4 is 43.7 Å². The molecule has 0 unspecified atom stereocenters. The normalized spacial score (nSPS) is 13.4. The van der Waals surface area contributed by atoms with Crippen LogP contribution < -0.4 is 0 Å². The zero-order chi connectivity index (χ0) is 28.1. The molecule has 0 saturated heterocycles. The van der Waals surface area contributed by atoms with Crippen molar-refractivity contribution in [1.29, 1.82) is 0 Å². The van der Waals surface area contributed by atoms with Gasteiger partial charge in [-0.2, -0.15) is 0 Å². The fraction of sp³-hybridized carbons (Fsp3) is 0.333. The molecule has 1 N–H and O–H groups in total. The molecule has 0 fully saturated rings. The molecule has 4 aromatic carbocycles. The van der Waals surface area contributed by atoms with Crippen molar-refractivity contribution in [2.24, 2.45) is 0 Å². The van der Waals surface area contributed by atoms with Crippen LogP contribution in [0.2, 0.25) is 0 Å². The highest BCUT2D eigenvalue weighted by Gasteiger charge is 2.26. The maximum absolute atomic E-state index is 11.6. The lowest BCUT2D eigenvalue weighted by Gasteiger charge is -2.27. The fourth-order valence-electron chi connectivity index (χ4n) is 5.74. The maximum Gasteiger partial charge on any atom is 0.143 e. The molecule has 0 aliphatic rings. The topological polar surface area (TPSA) is 38.3 Å². The van der Waals surface area contributed by atoms with E-state index in [-0.39, 0.29) is 22.0 Å². The second-order valence-electron chi connectivity index (χ2n) is 14.2. The molecule has 0 spiro atoms. The number of phenolic OH excluding ortho intramolecular Hbond substituents is 1. The predicted octanol–water partition coefficient (Wildman–Crippen LogP) is 10.3. The Hall–Kier alpha value is -3.72. The van der Waals surface area contributed by atoms with E-state index in [1.54, 1.807) is 6.07 Å². The summed E-state index contributed by atoms with van der Waals surface area (Å²) in [5.74, 6) is 0.225. The summed E-state index contributed by atoms with van der Waals surface area (Å²) in [6.45, 7) is 20.3. The Kier molecular flexibility index (Phi) is 5.34. The highest BCUT2D eigenvalue weighted by molar-refractivity contribution is 6.28. The number of aromatic nitrogens is 1. The minimum atomic E-state index is -0.0236. The van der Waals surface area contributed by atoms with Crippen molar-refractivity contribution in [3.63, 3.8) is 0 Å². The lowest BCUT2D eigenvalue weighted by Crippen LogP contribution is -2.17. The summed E-state index contributed by atoms with van der Waals surface area (Å²) < 4.78 is 8.52. The lowest BCUT2D eigenvalue weighted by molar-refractivity contribution is 0.479. The molecular formula is C36H39NO2. The molecule has 6 aromatic rings. The highest BCUT2D eigenvalue weighted by atomic mass is 16.3. The molecule has 0 aliphatic carbocycles. The molecule has 3 nitrogen and oxygen atoms in total. The number of hydrogen-bond donors (Lipinski definition) is 1. The lowest BCUT2D eigenvalue weighted by atomic mass is 9.80. The summed E-state index contributed by atoms with van der Waals surface area (Å²) in [5, 5.41) is 15.9. The van der Waals surface area contributed by atoms with Crippen LogP contribution in [0, 0.1) is 0 Å². The highest BCUT2D eigenvalue weighted by Crippen LogP contribution is 2.46. The summed E-state index contributed by atoms with van der Waals surface area (Å²) in [6.07, 6.45) is 0. The molecule has 2 aromatic heterocycles. The summed E-state index contributed by atoms with van der Waals surface area (Å²) in [7, 11) is 0. The number of phenols is 1. The van der Waals surface area contributed by atoms with Crippen molar-refractivity contribution in [3.8, 4) is 11.4 Å². The summed E-state index contributed by atoms with van der Waals surface area (Å²) in [5.41, 5.74) is 8.27. The monoisotopic (exact) mass is 517 g/mol. The average molecular weight is 518 g/mol. The van der Waals surface area contributed by atoms with Crippen molar-refractivity contribution in [3.05, 3.63) is 83.4 Å². The van der Waals surface area contributed by atoms with Crippen molar-refractivity contribution in [1.82, 2.24) is 4.57 Å². The van der Waals surface area contributed by atoms with Crippen LogP contribution in [0.1, 0.15) is 79.0 Å². The SMILES string of the molecule is CC(C)(C)c1cc(-n2c3ccc(C(C)(C)C)cc3c3c4c(cc(O)c32)oc2ccccc24)cc(C(C)(C)C)c1. The van der Waals surface area contributed by atoms with Crippen LogP contribution in [0.15, 0.2) is 71.1 Å². The molecule has 0 atom stereocenters. The van der Waals surface area contributed by atoms with E-state index in [9.17, 15) is 5.11 Å². The number of rotatable bonds is 1. The Morgan fingerprint density at radius 3 is 1.82 bits per heavy atom. The minimum Gasteiger partial charge on any atom is -0.506 e. The van der Waals surface area contributed by atoms with Crippen LogP contribution in [0.5, 0.6) is 5.75 Å². The first kappa shape index (κ1) is 25.6. The molecular weight excluding hydrogens is 478 g/mol. The Bertz CT molecular complexity index is 1880. The fourth-order valence-corrected chi connectivity index (χ4v) is 5.74. The molecule has 39 heavy (non-hydrogen) atoms. The predicted molar refractivity (Wildman–Crippen MR) is 166 cm³/mol. The molecule has 3 heteroatoms. The molecule has 0 aliphatic heterocycles. The van der Waals surface area contributed by atoms with Crippen LogP contribution in [-0.4, -0.2) is 9.67 Å². The first-order chi connectivity index (χ1) is 18.1. The average Bonchev–Trinajstić information content (AvgIpc) is 3.37. The van der Waals surface area contributed by atoms with Crippen LogP contribution in [0.4, 0.5) is 0 Å². The molecule has 200 valence electrons. The van der Waals surface area contributed by atoms with E-state index in [2.05, 4.69) is 115 Å². The van der Waals surface area contributed by atoms with E-state index in [1.807, 2.05) is 12.1 Å². The Labute approximate surface area is 231 Å². The standard InChI is InChI=1S/C36H39NO2/c1-34(2,3)21-14-15-27-26(19-21)32-31-25-12-10-11-13-29(25)39-30(31)20-28(38)33(32)37(27)24-17-22(35(4,5)6)16-23(18-24)36(7,8)9/h10-20,38H,1-9H3. The van der Waals surface area contributed by atoms with E-state index in [4.69, 9.17) is 4.42 Å². The third-order valence-corrected chi connectivity index (χ3v) is 8.12. The maximum atomic E-state index is 11.6. The van der Waals surface area contributed by atoms with Gasteiger partial charge in [0.15, 0.2) is 0 Å². The van der Waals surface area contributed by atoms with E-state index in [0.717, 1.165) is 43.8 Å². The van der Waals surface area contributed by atoms with Crippen LogP contribution in [-0.2, 0) is 16.2 Å². The number of furan rings is 1. The van der Waals surface area contributed by atoms with Crippen molar-refractivity contribution in [2.75, 3.05) is 0 Å². The van der Waals surface area contributed by atoms with E-state index >= 15 is 0 Å². The summed E-state index contributed by atoms with van der Waals surface area (Å²) in [6, 6.07) is 23.7. The van der Waals surface area contributed by atoms with Gasteiger partial charge in [-0.15, -0.1) is 0 Å². The smallest absolute Gasteiger partial charge is 0.143 e. The van der Waals surface area contributed by atoms with Gasteiger partial charge in [0.05, 0.1) is 11.0 Å². The van der Waals surface area contributed by atoms with Gasteiger partial charge in [0.2, 0.25) is 0 Å². The van der Waals surface area contributed by atoms with Crippen molar-refractivity contribution in [2.45, 2.75) is 78.6 Å². The number of benzene rings is 4. The molecule has 0 saturated carbocycles. The quantitative estimate of drug-likeness (QED) is 0.236. The van der Waals surface area contributed by atoms with Gasteiger partial charge in [-0.05, 0) is 63.3 Å². The minimum absolute atomic E-state index is 0.0113. The zero-order valence-corrected chi connectivity index (χ0v) is 24.7. The first-order valence-corrected chi connectivity index (χ1v) is 13.9. The Morgan fingerprint density at radius 2 is 1.21 bits per heavy atom. The van der Waals surface area contributed by atoms with Gasteiger partial charge >= 0.3 is 0 Å². The van der Waals surface area contributed by atoms with Crippen LogP contribution >= 0.6 is 0 Å². The molecule has 0 bridgehead atoms. The van der Waals surface area contributed by atoms with Gasteiger partial charge in [0.25, 0.3) is 0 Å². The van der Waals surface area contributed by atoms with Crippen LogP contribution in [0.3, 0.4) is 0 Å². The summed E-state index contributed by atoms with van der Waals surface area (Å²) in [4.78, 5) is 0. The van der Waals surface area contributed by atoms with E-state index in [0.29, 0.717) is 5.58 Å². The first-order valence-electron chi connectivity index (χ1n) is 13.9. The number of aromatic hydroxyl groups is 1. The Morgan fingerprint density at radius 1 is 0.590 bits per heavy atom. The van der Waals surface area contributed by atoms with Crippen LogP contribution in [0.25, 0.3) is 49.4 Å². The summed E-state index contributed by atoms with van der Waals surface area (Å²) >= 11 is 0. The third-order valence-electron chi connectivity index (χ3n) is 8.12. The van der Waals surface area contributed by atoms with Gasteiger partial charge in [-0.1, -0.05) is 92.6 Å². The van der Waals surface area contributed by atoms with Gasteiger partial charge in [0.1, 0.15) is 16.9 Å². The van der Waals surface area contributed by atoms with E-state index < -0.39 is 0 Å².